The average Bonchev–Trinajstić information content (AvgIpc) is 1.67. The molecule has 514 valence electrons. The van der Waals surface area contributed by atoms with E-state index in [0.29, 0.717) is 56.0 Å². The van der Waals surface area contributed by atoms with Gasteiger partial charge >= 0.3 is 0 Å². The first-order chi connectivity index (χ1) is 47.1. The summed E-state index contributed by atoms with van der Waals surface area (Å²) in [6.07, 6.45) is 12.6. The van der Waals surface area contributed by atoms with Crippen LogP contribution in [-0.2, 0) is 11.2 Å². The average molecular weight is 1380 g/mol. The number of carbonyl (C=O) groups excluding carboxylic acids is 1. The molecule has 99 heavy (non-hydrogen) atoms. The number of rotatable bonds is 14. The van der Waals surface area contributed by atoms with E-state index in [1.165, 1.54) is 67.8 Å². The second-order valence-electron chi connectivity index (χ2n) is 21.4. The van der Waals surface area contributed by atoms with Crippen molar-refractivity contribution in [2.45, 2.75) is 73.6 Å². The topological polar surface area (TPSA) is 358 Å². The summed E-state index contributed by atoms with van der Waals surface area (Å²) in [7, 11) is 1.00. The zero-order chi connectivity index (χ0) is 70.6. The molecule has 0 fully saturated rings. The number of nitrogen functional groups attached to an aromatic ring is 2. The molecule has 8 heterocycles. The van der Waals surface area contributed by atoms with Crippen molar-refractivity contribution < 1.29 is 56.4 Å². The minimum Gasteiger partial charge on any atom is -0.434 e. The Hall–Kier alpha value is -12.2. The summed E-state index contributed by atoms with van der Waals surface area (Å²) in [5.74, 6) is -1.74. The quantitative estimate of drug-likeness (QED) is 0.0165. The van der Waals surface area contributed by atoms with E-state index in [1.807, 2.05) is 91.7 Å². The fourth-order valence-corrected chi connectivity index (χ4v) is 9.10. The van der Waals surface area contributed by atoms with Gasteiger partial charge in [-0.3, -0.25) is 14.9 Å². The van der Waals surface area contributed by atoms with Crippen LogP contribution in [0.5, 0.6) is 46.5 Å². The van der Waals surface area contributed by atoms with Gasteiger partial charge in [0.15, 0.2) is 51.4 Å². The second-order valence-corrected chi connectivity index (χ2v) is 21.8. The molecule has 1 amide bonds. The number of nitro benzene ring substituents is 1. The van der Waals surface area contributed by atoms with Crippen molar-refractivity contribution in [3.8, 4) is 46.5 Å². The number of non-ortho nitro benzene ring substituents is 1. The molecule has 10 N–H and O–H groups in total. The number of hydrogen-bond donors (Lipinski definition) is 8. The van der Waals surface area contributed by atoms with Crippen LogP contribution in [0.15, 0.2) is 177 Å². The van der Waals surface area contributed by atoms with Gasteiger partial charge in [0.2, 0.25) is 29.4 Å². The highest BCUT2D eigenvalue weighted by atomic mass is 32.1. The molecule has 8 aromatic heterocycles. The molecular weight excluding hydrogens is 1310 g/mol. The van der Waals surface area contributed by atoms with Crippen LogP contribution in [0.2, 0.25) is 0 Å². The summed E-state index contributed by atoms with van der Waals surface area (Å²) in [6.45, 7) is 11.6. The summed E-state index contributed by atoms with van der Waals surface area (Å²) in [5, 5.41) is 31.1. The molecule has 0 spiro atoms. The zero-order valence-electron chi connectivity index (χ0n) is 53.4. The number of aliphatic hydroxyl groups excluding tert-OH is 2. The molecule has 0 saturated carbocycles. The van der Waals surface area contributed by atoms with Gasteiger partial charge in [-0.25, -0.2) is 37.5 Å². The van der Waals surface area contributed by atoms with Crippen LogP contribution in [0.4, 0.5) is 40.3 Å². The monoisotopic (exact) mass is 1380 g/mol. The van der Waals surface area contributed by atoms with Crippen LogP contribution in [-0.4, -0.2) is 98.3 Å². The van der Waals surface area contributed by atoms with E-state index in [0.717, 1.165) is 35.8 Å². The van der Waals surface area contributed by atoms with E-state index in [-0.39, 0.29) is 89.4 Å². The van der Waals surface area contributed by atoms with E-state index in [9.17, 15) is 32.5 Å². The summed E-state index contributed by atoms with van der Waals surface area (Å²) < 4.78 is 82.1. The number of aliphatic hydroxyl groups is 2. The number of nitrogens with two attached hydrogens (primary N) is 2. The van der Waals surface area contributed by atoms with Gasteiger partial charge in [0.1, 0.15) is 47.4 Å². The number of benzene rings is 5. The molecular formula is C68H69F4N17O9S. The summed E-state index contributed by atoms with van der Waals surface area (Å²) in [4.78, 5) is 60.5. The molecule has 0 aliphatic carbocycles. The van der Waals surface area contributed by atoms with E-state index in [4.69, 9.17) is 52.8 Å². The maximum absolute atomic E-state index is 14.8. The molecule has 0 bridgehead atoms. The van der Waals surface area contributed by atoms with Crippen molar-refractivity contribution in [3.05, 3.63) is 216 Å². The Kier molecular flexibility index (Phi) is 26.2. The van der Waals surface area contributed by atoms with Gasteiger partial charge < -0.3 is 70.4 Å². The Morgan fingerprint density at radius 3 is 1.37 bits per heavy atom. The Morgan fingerprint density at radius 1 is 0.566 bits per heavy atom. The zero-order valence-corrected chi connectivity index (χ0v) is 54.2. The third kappa shape index (κ3) is 19.9. The van der Waals surface area contributed by atoms with Crippen molar-refractivity contribution in [3.63, 3.8) is 0 Å². The predicted octanol–water partition coefficient (Wildman–Crippen LogP) is 14.4. The first kappa shape index (κ1) is 74.2. The molecule has 5 aromatic carbocycles. The summed E-state index contributed by atoms with van der Waals surface area (Å²) >= 11 is 5.17. The minimum absolute atomic E-state index is 0. The molecule has 13 aromatic rings. The molecule has 26 nitrogen and oxygen atoms in total. The lowest BCUT2D eigenvalue weighted by Gasteiger charge is -2.13. The number of amides is 1. The lowest BCUT2D eigenvalue weighted by atomic mass is 10.1. The minimum atomic E-state index is -0.836. The van der Waals surface area contributed by atoms with Gasteiger partial charge in [-0.2, -0.15) is 19.9 Å². The van der Waals surface area contributed by atoms with Gasteiger partial charge in [0.05, 0.1) is 39.5 Å². The molecule has 0 radical (unpaired) electrons. The lowest BCUT2D eigenvalue weighted by Crippen LogP contribution is -2.35. The van der Waals surface area contributed by atoms with E-state index in [1.54, 1.807) is 56.6 Å². The van der Waals surface area contributed by atoms with Crippen LogP contribution >= 0.6 is 12.2 Å². The summed E-state index contributed by atoms with van der Waals surface area (Å²) in [6, 6.07) is 32.9. The first-order valence-corrected chi connectivity index (χ1v) is 30.0. The van der Waals surface area contributed by atoms with Gasteiger partial charge in [-0.1, -0.05) is 37.8 Å². The highest BCUT2D eigenvalue weighted by Crippen LogP contribution is 2.35. The smallest absolute Gasteiger partial charge is 0.272 e. The van der Waals surface area contributed by atoms with Crippen molar-refractivity contribution in [2.24, 2.45) is 0 Å². The highest BCUT2D eigenvalue weighted by molar-refractivity contribution is 7.80. The van der Waals surface area contributed by atoms with Gasteiger partial charge in [0, 0.05) is 91.4 Å². The van der Waals surface area contributed by atoms with Crippen molar-refractivity contribution in [1.29, 1.82) is 0 Å². The van der Waals surface area contributed by atoms with E-state index < -0.39 is 28.2 Å². The lowest BCUT2D eigenvalue weighted by molar-refractivity contribution is -0.385. The number of aromatic amines is 2. The molecule has 13 rings (SSSR count). The largest absolute Gasteiger partial charge is 0.434 e. The number of aromatic nitrogens is 12. The highest BCUT2D eigenvalue weighted by Gasteiger charge is 2.20. The maximum Gasteiger partial charge on any atom is 0.272 e. The number of hydrogen-bond acceptors (Lipinski definition) is 20. The van der Waals surface area contributed by atoms with Crippen LogP contribution in [0.1, 0.15) is 66.6 Å². The fourth-order valence-electron chi connectivity index (χ4n) is 8.87. The molecule has 31 heteroatoms. The second kappa shape index (κ2) is 35.0. The standard InChI is InChI=1S/C24H22FN5O2S.C15H15FN4O.C12H7FN4O3.C12H9FN4O.C3H8O.CH4O.CH4/c1-15(2)30-11-10-19-22(30)23(27-14-26-19)32-20-9-8-17(13-18(20)25)28-24(33)29-21(31)12-16-6-4-3-5-7-16;1-9(2)20-6-5-12-14(20)15(19-8-18-12)21-13-4-3-10(17)7-11(13)16;13-8-5-7(17(18)19)1-2-10(8)20-12-11-9(3-4-14-11)15-6-16-12;13-8-5-7(14)1-2-10(8)18-12-11-9(3-4-15-11)16-6-17-12;1-3(2)4;1-2;/h3-11,13-15H,12H2,1-2H3,(H2,28,29,31,33);3-9H,17H2,1-2H3;1-6,14H;1-6,15H,14H2;3-4H,1-2H3;2H,1H3;1H4. The number of ether oxygens (including phenoxy) is 4. The van der Waals surface area contributed by atoms with Crippen molar-refractivity contribution in [1.82, 2.24) is 64.3 Å². The third-order valence-electron chi connectivity index (χ3n) is 13.2. The SMILES string of the molecule is C.CC(C)O.CC(C)n1ccc2ncnc(Oc3ccc(N)cc3F)c21.CC(C)n1ccc2ncnc(Oc3ccc(NC(=S)NC(=O)Cc4ccccc4)cc3F)c21.CO.Nc1ccc(Oc2ncnc3cc[nH]c23)c(F)c1.O=[N+]([O-])c1ccc(Oc2ncnc3cc[nH]c23)c(F)c1. The normalized spacial score (nSPS) is 10.5. The van der Waals surface area contributed by atoms with Crippen LogP contribution in [0.25, 0.3) is 44.1 Å². The Bertz CT molecular complexity index is 4860. The van der Waals surface area contributed by atoms with Gasteiger partial charge in [-0.05, 0) is 126 Å². The van der Waals surface area contributed by atoms with Crippen LogP contribution < -0.4 is 41.0 Å². The number of H-pyrrole nitrogens is 2. The maximum atomic E-state index is 14.8. The van der Waals surface area contributed by atoms with Gasteiger partial charge in [-0.15, -0.1) is 0 Å². The molecule has 0 atom stereocenters. The number of nitrogens with one attached hydrogen (secondary N) is 4. The summed E-state index contributed by atoms with van der Waals surface area (Å²) in [5.41, 5.74) is 18.0. The number of thiocarbonyl (C=S) groups is 1. The van der Waals surface area contributed by atoms with Crippen LogP contribution in [0, 0.1) is 33.4 Å². The number of fused-ring (bicyclic) bond motifs is 4. The predicted molar refractivity (Wildman–Crippen MR) is 372 cm³/mol. The number of anilines is 3. The van der Waals surface area contributed by atoms with Crippen molar-refractivity contribution >= 4 is 90.1 Å². The van der Waals surface area contributed by atoms with Gasteiger partial charge in [0.25, 0.3) is 5.69 Å². The fraction of sp³-hybridized carbons (Fsp3) is 0.176. The molecule has 0 saturated heterocycles. The Balaban J connectivity index is 0.000000185. The molecule has 0 aliphatic rings. The number of halogens is 4. The first-order valence-electron chi connectivity index (χ1n) is 29.6. The molecule has 0 unspecified atom stereocenters. The Morgan fingerprint density at radius 2 is 0.960 bits per heavy atom. The third-order valence-corrected chi connectivity index (χ3v) is 13.4. The van der Waals surface area contributed by atoms with E-state index in [2.05, 4.69) is 60.5 Å². The van der Waals surface area contributed by atoms with Crippen LogP contribution in [0.3, 0.4) is 0 Å². The number of carbonyl (C=O) groups is 1. The number of nitrogens with zero attached hydrogens (tertiary/aromatic N) is 11. The molecule has 0 aliphatic heterocycles. The van der Waals surface area contributed by atoms with Crippen molar-refractivity contribution in [2.75, 3.05) is 23.9 Å². The number of nitro groups is 1. The van der Waals surface area contributed by atoms with E-state index >= 15 is 0 Å². The Labute approximate surface area is 568 Å².